The Hall–Kier alpha value is -2.75. The van der Waals surface area contributed by atoms with E-state index in [1.54, 1.807) is 0 Å². The van der Waals surface area contributed by atoms with Crippen molar-refractivity contribution in [3.63, 3.8) is 0 Å². The average molecular weight is 568 g/mol. The smallest absolute Gasteiger partial charge is 0.462 e. The van der Waals surface area contributed by atoms with Crippen LogP contribution in [0.3, 0.4) is 0 Å². The molecule has 1 aliphatic rings. The monoisotopic (exact) mass is 567 g/mol. The number of halogens is 8. The molecule has 2 heterocycles. The largest absolute Gasteiger partial charge is 0.534 e. The molecule has 0 radical (unpaired) electrons. The van der Waals surface area contributed by atoms with Crippen molar-refractivity contribution in [2.45, 2.75) is 37.2 Å². The first-order valence-corrected chi connectivity index (χ1v) is 11.8. The van der Waals surface area contributed by atoms with Gasteiger partial charge in [0.25, 0.3) is 12.3 Å². The minimum Gasteiger partial charge on any atom is -0.462 e. The quantitative estimate of drug-likeness (QED) is 0.202. The molecule has 0 N–H and O–H groups in total. The second-order valence-corrected chi connectivity index (χ2v) is 9.57. The zero-order valence-electron chi connectivity index (χ0n) is 18.1. The molecule has 0 aliphatic carbocycles. The SMILES string of the molecule is CCOC(=O)c1cnn(C2CN(c3cc(Cl)ccc3OS(=O)(=O)C(F)(F)F)CC(F)(F)C2)c1C(F)F. The van der Waals surface area contributed by atoms with Gasteiger partial charge in [-0.2, -0.15) is 26.7 Å². The molecule has 36 heavy (non-hydrogen) atoms. The zero-order valence-corrected chi connectivity index (χ0v) is 19.7. The van der Waals surface area contributed by atoms with Crippen molar-refractivity contribution in [3.8, 4) is 5.75 Å². The Labute approximate surface area is 204 Å². The van der Waals surface area contributed by atoms with Gasteiger partial charge in [-0.1, -0.05) is 11.6 Å². The van der Waals surface area contributed by atoms with Gasteiger partial charge in [0.2, 0.25) is 0 Å². The van der Waals surface area contributed by atoms with Crippen molar-refractivity contribution in [3.05, 3.63) is 40.7 Å². The van der Waals surface area contributed by atoms with Crippen LogP contribution < -0.4 is 9.08 Å². The predicted octanol–water partition coefficient (Wildman–Crippen LogP) is 4.97. The minimum absolute atomic E-state index is 0.152. The number of piperidine rings is 1. The van der Waals surface area contributed by atoms with Crippen LogP contribution in [0.2, 0.25) is 5.02 Å². The summed E-state index contributed by atoms with van der Waals surface area (Å²) in [4.78, 5) is 12.8. The van der Waals surface area contributed by atoms with Gasteiger partial charge in [-0.25, -0.2) is 22.4 Å². The Balaban J connectivity index is 2.05. The van der Waals surface area contributed by atoms with Crippen LogP contribution in [0, 0.1) is 0 Å². The summed E-state index contributed by atoms with van der Waals surface area (Å²) in [5.74, 6) is -5.72. The maximum Gasteiger partial charge on any atom is 0.534 e. The lowest BCUT2D eigenvalue weighted by Gasteiger charge is -2.39. The fraction of sp³-hybridized carbons (Fsp3) is 0.474. The highest BCUT2D eigenvalue weighted by Crippen LogP contribution is 2.42. The fourth-order valence-electron chi connectivity index (χ4n) is 3.64. The third-order valence-corrected chi connectivity index (χ3v) is 6.22. The number of esters is 1. The van der Waals surface area contributed by atoms with E-state index in [-0.39, 0.29) is 11.6 Å². The molecule has 1 fully saturated rings. The lowest BCUT2D eigenvalue weighted by Crippen LogP contribution is -2.48. The molecule has 200 valence electrons. The number of benzene rings is 1. The van der Waals surface area contributed by atoms with Crippen LogP contribution in [0.25, 0.3) is 0 Å². The number of hydrogen-bond acceptors (Lipinski definition) is 7. The number of carbonyl (C=O) groups excluding carboxylic acids is 1. The number of anilines is 1. The van der Waals surface area contributed by atoms with E-state index in [2.05, 4.69) is 14.0 Å². The number of rotatable bonds is 7. The van der Waals surface area contributed by atoms with Crippen molar-refractivity contribution in [2.24, 2.45) is 0 Å². The van der Waals surface area contributed by atoms with Crippen molar-refractivity contribution in [1.82, 2.24) is 9.78 Å². The normalized spacial score (nSPS) is 18.4. The number of hydrogen-bond donors (Lipinski definition) is 0. The summed E-state index contributed by atoms with van der Waals surface area (Å²) in [6, 6.07) is 1.08. The van der Waals surface area contributed by atoms with Gasteiger partial charge < -0.3 is 13.8 Å². The van der Waals surface area contributed by atoms with Crippen molar-refractivity contribution >= 4 is 33.4 Å². The second kappa shape index (κ2) is 9.95. The molecule has 1 aromatic heterocycles. The summed E-state index contributed by atoms with van der Waals surface area (Å²) in [7, 11) is -6.17. The third kappa shape index (κ3) is 5.79. The first-order chi connectivity index (χ1) is 16.6. The van der Waals surface area contributed by atoms with E-state index in [1.165, 1.54) is 6.92 Å². The Morgan fingerprint density at radius 2 is 1.97 bits per heavy atom. The van der Waals surface area contributed by atoms with Crippen LogP contribution in [0.5, 0.6) is 5.75 Å². The molecule has 2 aromatic rings. The van der Waals surface area contributed by atoms with Crippen molar-refractivity contribution in [1.29, 1.82) is 0 Å². The third-order valence-electron chi connectivity index (χ3n) is 5.01. The van der Waals surface area contributed by atoms with E-state index in [0.717, 1.165) is 29.3 Å². The molecular formula is C19H17ClF7N3O5S. The van der Waals surface area contributed by atoms with Crippen LogP contribution >= 0.6 is 11.6 Å². The number of carbonyl (C=O) groups is 1. The first kappa shape index (κ1) is 27.8. The predicted molar refractivity (Wildman–Crippen MR) is 111 cm³/mol. The maximum atomic E-state index is 14.7. The molecular weight excluding hydrogens is 551 g/mol. The van der Waals surface area contributed by atoms with Crippen LogP contribution in [0.15, 0.2) is 24.4 Å². The van der Waals surface area contributed by atoms with Gasteiger partial charge in [0.15, 0.2) is 5.75 Å². The Morgan fingerprint density at radius 3 is 2.56 bits per heavy atom. The lowest BCUT2D eigenvalue weighted by molar-refractivity contribution is -0.0501. The van der Waals surface area contributed by atoms with Crippen LogP contribution in [-0.2, 0) is 14.9 Å². The second-order valence-electron chi connectivity index (χ2n) is 7.60. The summed E-state index contributed by atoms with van der Waals surface area (Å²) in [5, 5.41) is 3.50. The highest BCUT2D eigenvalue weighted by Gasteiger charge is 2.49. The van der Waals surface area contributed by atoms with Crippen LogP contribution in [-0.4, -0.2) is 55.3 Å². The van der Waals surface area contributed by atoms with Gasteiger partial charge >= 0.3 is 21.6 Å². The number of ether oxygens (including phenoxy) is 1. The van der Waals surface area contributed by atoms with E-state index >= 15 is 0 Å². The van der Waals surface area contributed by atoms with Crippen LogP contribution in [0.4, 0.5) is 36.4 Å². The van der Waals surface area contributed by atoms with E-state index in [0.29, 0.717) is 4.68 Å². The van der Waals surface area contributed by atoms with E-state index in [4.69, 9.17) is 11.6 Å². The Kier molecular flexibility index (Phi) is 7.70. The highest BCUT2D eigenvalue weighted by atomic mass is 35.5. The van der Waals surface area contributed by atoms with Gasteiger partial charge in [-0.15, -0.1) is 0 Å². The van der Waals surface area contributed by atoms with Crippen molar-refractivity contribution < 1.29 is 52.9 Å². The molecule has 0 saturated carbocycles. The molecule has 1 atom stereocenters. The summed E-state index contributed by atoms with van der Waals surface area (Å²) in [5.41, 5.74) is -8.01. The molecule has 0 spiro atoms. The minimum atomic E-state index is -6.17. The zero-order chi connectivity index (χ0) is 27.1. The standard InChI is InChI=1S/C19H17ClF7N3O5S/c1-2-34-17(31)12-7-28-30(15(12)16(21)22)11-6-18(23,24)9-29(8-11)13-5-10(20)3-4-14(13)35-36(32,33)19(25,26)27/h3-5,7,11,16H,2,6,8-9H2,1H3. The Bertz CT molecular complexity index is 1240. The summed E-state index contributed by atoms with van der Waals surface area (Å²) in [6.07, 6.45) is -3.61. The molecule has 1 aromatic carbocycles. The topological polar surface area (TPSA) is 90.7 Å². The molecule has 0 bridgehead atoms. The highest BCUT2D eigenvalue weighted by molar-refractivity contribution is 7.88. The number of aromatic nitrogens is 2. The van der Waals surface area contributed by atoms with Crippen molar-refractivity contribution in [2.75, 3.05) is 24.6 Å². The van der Waals surface area contributed by atoms with Crippen LogP contribution in [0.1, 0.15) is 41.9 Å². The molecule has 17 heteroatoms. The maximum absolute atomic E-state index is 14.7. The fourth-order valence-corrected chi connectivity index (χ4v) is 4.28. The first-order valence-electron chi connectivity index (χ1n) is 10.0. The van der Waals surface area contributed by atoms with Gasteiger partial charge in [-0.3, -0.25) is 4.68 Å². The lowest BCUT2D eigenvalue weighted by atomic mass is 10.0. The van der Waals surface area contributed by atoms with E-state index in [9.17, 15) is 43.9 Å². The van der Waals surface area contributed by atoms with E-state index < -0.39 is 82.2 Å². The number of nitrogens with zero attached hydrogens (tertiary/aromatic N) is 3. The van der Waals surface area contributed by atoms with E-state index in [1.807, 2.05) is 0 Å². The number of alkyl halides is 7. The summed E-state index contributed by atoms with van der Waals surface area (Å²) >= 11 is 5.85. The van der Waals surface area contributed by atoms with Gasteiger partial charge in [0.1, 0.15) is 11.3 Å². The summed E-state index contributed by atoms with van der Waals surface area (Å²) < 4.78 is 128. The van der Waals surface area contributed by atoms with Gasteiger partial charge in [-0.05, 0) is 25.1 Å². The Morgan fingerprint density at radius 1 is 1.31 bits per heavy atom. The van der Waals surface area contributed by atoms with Gasteiger partial charge in [0.05, 0.1) is 31.1 Å². The molecule has 1 aliphatic heterocycles. The molecule has 3 rings (SSSR count). The summed E-state index contributed by atoms with van der Waals surface area (Å²) in [6.45, 7) is -0.418. The molecule has 1 saturated heterocycles. The molecule has 0 amide bonds. The van der Waals surface area contributed by atoms with Gasteiger partial charge in [0, 0.05) is 18.0 Å². The average Bonchev–Trinajstić information content (AvgIpc) is 3.19. The molecule has 1 unspecified atom stereocenters. The molecule has 8 nitrogen and oxygen atoms in total.